The number of hydrogen-bond acceptors (Lipinski definition) is 2. The van der Waals surface area contributed by atoms with Crippen LogP contribution in [0.5, 0.6) is 5.75 Å². The van der Waals surface area contributed by atoms with E-state index in [2.05, 4.69) is 29.1 Å². The molecule has 1 aliphatic carbocycles. The molecule has 0 spiro atoms. The van der Waals surface area contributed by atoms with E-state index in [4.69, 9.17) is 0 Å². The second-order valence-corrected chi connectivity index (χ2v) is 5.27. The maximum Gasteiger partial charge on any atom is 0.387 e. The van der Waals surface area contributed by atoms with E-state index in [0.717, 1.165) is 31.2 Å². The highest BCUT2D eigenvalue weighted by Gasteiger charge is 2.12. The van der Waals surface area contributed by atoms with Crippen molar-refractivity contribution < 1.29 is 13.5 Å². The average molecular weight is 281 g/mol. The Morgan fingerprint density at radius 3 is 2.45 bits per heavy atom. The van der Waals surface area contributed by atoms with Crippen LogP contribution >= 0.6 is 0 Å². The number of hydrogen-bond donors (Lipinski definition) is 1. The number of rotatable bonds is 7. The quantitative estimate of drug-likeness (QED) is 0.765. The van der Waals surface area contributed by atoms with Gasteiger partial charge >= 0.3 is 6.61 Å². The van der Waals surface area contributed by atoms with Crippen LogP contribution in [-0.2, 0) is 6.42 Å². The first-order chi connectivity index (χ1) is 9.63. The second-order valence-electron chi connectivity index (χ2n) is 5.27. The molecule has 1 N–H and O–H groups in total. The van der Waals surface area contributed by atoms with E-state index in [1.165, 1.54) is 0 Å². The molecule has 1 unspecified atom stereocenters. The van der Waals surface area contributed by atoms with Crippen molar-refractivity contribution >= 4 is 0 Å². The summed E-state index contributed by atoms with van der Waals surface area (Å²) in [5.74, 6) is 0.215. The Morgan fingerprint density at radius 2 is 1.85 bits per heavy atom. The first-order valence-corrected chi connectivity index (χ1v) is 7.08. The van der Waals surface area contributed by atoms with Crippen molar-refractivity contribution in [3.05, 3.63) is 42.0 Å². The van der Waals surface area contributed by atoms with Crippen LogP contribution in [-0.4, -0.2) is 18.7 Å². The lowest BCUT2D eigenvalue weighted by molar-refractivity contribution is -0.0498. The summed E-state index contributed by atoms with van der Waals surface area (Å²) in [7, 11) is 0. The van der Waals surface area contributed by atoms with Crippen LogP contribution in [0.25, 0.3) is 0 Å². The van der Waals surface area contributed by atoms with E-state index in [9.17, 15) is 8.78 Å². The topological polar surface area (TPSA) is 21.3 Å². The van der Waals surface area contributed by atoms with E-state index < -0.39 is 6.61 Å². The molecule has 1 atom stereocenters. The molecular formula is C16H21F2NO. The van der Waals surface area contributed by atoms with Crippen LogP contribution in [0, 0.1) is 0 Å². The molecule has 1 aromatic rings. The number of nitrogens with one attached hydrogen (secondary N) is 1. The van der Waals surface area contributed by atoms with Crippen LogP contribution in [0.1, 0.15) is 31.7 Å². The Kier molecular flexibility index (Phi) is 5.53. The summed E-state index contributed by atoms with van der Waals surface area (Å²) in [6.07, 6.45) is 8.63. The summed E-state index contributed by atoms with van der Waals surface area (Å²) in [5.41, 5.74) is 1.14. The SMILES string of the molecule is CC(CCc1ccc(OC(F)F)cc1)NC1CC=CC1. The van der Waals surface area contributed by atoms with Gasteiger partial charge in [-0.25, -0.2) is 0 Å². The molecule has 0 bridgehead atoms. The number of aryl methyl sites for hydroxylation is 1. The Labute approximate surface area is 118 Å². The number of benzene rings is 1. The van der Waals surface area contributed by atoms with Crippen molar-refractivity contribution in [2.75, 3.05) is 0 Å². The molecule has 0 amide bonds. The summed E-state index contributed by atoms with van der Waals surface area (Å²) >= 11 is 0. The van der Waals surface area contributed by atoms with Gasteiger partial charge in [0.05, 0.1) is 0 Å². The molecule has 0 aromatic heterocycles. The Hall–Kier alpha value is -1.42. The van der Waals surface area contributed by atoms with E-state index in [0.29, 0.717) is 12.1 Å². The lowest BCUT2D eigenvalue weighted by Crippen LogP contribution is -2.35. The minimum Gasteiger partial charge on any atom is -0.435 e. The molecule has 0 fully saturated rings. The average Bonchev–Trinajstić information content (AvgIpc) is 2.90. The third-order valence-corrected chi connectivity index (χ3v) is 3.54. The van der Waals surface area contributed by atoms with E-state index >= 15 is 0 Å². The molecule has 2 rings (SSSR count). The van der Waals surface area contributed by atoms with Crippen molar-refractivity contribution in [3.63, 3.8) is 0 Å². The molecular weight excluding hydrogens is 260 g/mol. The highest BCUT2D eigenvalue weighted by Crippen LogP contribution is 2.17. The molecule has 0 radical (unpaired) electrons. The zero-order chi connectivity index (χ0) is 14.4. The van der Waals surface area contributed by atoms with E-state index in [-0.39, 0.29) is 5.75 Å². The Balaban J connectivity index is 1.72. The Bertz CT molecular complexity index is 423. The number of alkyl halides is 2. The molecule has 4 heteroatoms. The van der Waals surface area contributed by atoms with Gasteiger partial charge in [-0.15, -0.1) is 0 Å². The van der Waals surface area contributed by atoms with Gasteiger partial charge in [0, 0.05) is 12.1 Å². The van der Waals surface area contributed by atoms with Crippen LogP contribution < -0.4 is 10.1 Å². The van der Waals surface area contributed by atoms with Gasteiger partial charge in [-0.1, -0.05) is 24.3 Å². The maximum atomic E-state index is 12.0. The van der Waals surface area contributed by atoms with Crippen molar-refractivity contribution in [1.82, 2.24) is 5.32 Å². The van der Waals surface area contributed by atoms with Crippen LogP contribution in [0.4, 0.5) is 8.78 Å². The summed E-state index contributed by atoms with van der Waals surface area (Å²) in [6, 6.07) is 7.92. The number of halogens is 2. The third kappa shape index (κ3) is 4.93. The van der Waals surface area contributed by atoms with Gasteiger partial charge < -0.3 is 10.1 Å². The van der Waals surface area contributed by atoms with E-state index in [1.54, 1.807) is 12.1 Å². The van der Waals surface area contributed by atoms with Crippen molar-refractivity contribution in [1.29, 1.82) is 0 Å². The first-order valence-electron chi connectivity index (χ1n) is 7.08. The van der Waals surface area contributed by atoms with Gasteiger partial charge in [0.25, 0.3) is 0 Å². The molecule has 0 heterocycles. The zero-order valence-corrected chi connectivity index (χ0v) is 11.7. The smallest absolute Gasteiger partial charge is 0.387 e. The zero-order valence-electron chi connectivity index (χ0n) is 11.7. The van der Waals surface area contributed by atoms with Crippen LogP contribution in [0.3, 0.4) is 0 Å². The first kappa shape index (κ1) is 15.0. The third-order valence-electron chi connectivity index (χ3n) is 3.54. The molecule has 0 saturated carbocycles. The second kappa shape index (κ2) is 7.39. The Morgan fingerprint density at radius 1 is 1.20 bits per heavy atom. The lowest BCUT2D eigenvalue weighted by Gasteiger charge is -2.19. The van der Waals surface area contributed by atoms with Crippen molar-refractivity contribution in [3.8, 4) is 5.75 Å². The predicted molar refractivity (Wildman–Crippen MR) is 76.2 cm³/mol. The molecule has 2 nitrogen and oxygen atoms in total. The standard InChI is InChI=1S/C16H21F2NO/c1-12(19-14-4-2-3-5-14)6-7-13-8-10-15(11-9-13)20-16(17)18/h2-3,8-12,14,16,19H,4-7H2,1H3. The van der Waals surface area contributed by atoms with Crippen LogP contribution in [0.15, 0.2) is 36.4 Å². The maximum absolute atomic E-state index is 12.0. The van der Waals surface area contributed by atoms with Gasteiger partial charge in [-0.2, -0.15) is 8.78 Å². The molecule has 1 aliphatic rings. The van der Waals surface area contributed by atoms with Gasteiger partial charge in [-0.05, 0) is 50.3 Å². The normalized spacial score (nSPS) is 16.8. The van der Waals surface area contributed by atoms with Gasteiger partial charge in [-0.3, -0.25) is 0 Å². The highest BCUT2D eigenvalue weighted by molar-refractivity contribution is 5.27. The van der Waals surface area contributed by atoms with Gasteiger partial charge in [0.15, 0.2) is 0 Å². The molecule has 0 aliphatic heterocycles. The summed E-state index contributed by atoms with van der Waals surface area (Å²) in [5, 5.41) is 3.60. The lowest BCUT2D eigenvalue weighted by atomic mass is 10.0. The van der Waals surface area contributed by atoms with Gasteiger partial charge in [0.1, 0.15) is 5.75 Å². The largest absolute Gasteiger partial charge is 0.435 e. The fourth-order valence-corrected chi connectivity index (χ4v) is 2.46. The summed E-state index contributed by atoms with van der Waals surface area (Å²) in [6.45, 7) is -0.572. The summed E-state index contributed by atoms with van der Waals surface area (Å²) in [4.78, 5) is 0. The summed E-state index contributed by atoms with van der Waals surface area (Å²) < 4.78 is 28.4. The number of ether oxygens (including phenoxy) is 1. The van der Waals surface area contributed by atoms with Crippen molar-refractivity contribution in [2.24, 2.45) is 0 Å². The fraction of sp³-hybridized carbons (Fsp3) is 0.500. The van der Waals surface area contributed by atoms with Crippen molar-refractivity contribution in [2.45, 2.75) is 51.3 Å². The molecule has 20 heavy (non-hydrogen) atoms. The fourth-order valence-electron chi connectivity index (χ4n) is 2.46. The molecule has 1 aromatic carbocycles. The van der Waals surface area contributed by atoms with Gasteiger partial charge in [0.2, 0.25) is 0 Å². The minimum atomic E-state index is -2.76. The molecule has 110 valence electrons. The predicted octanol–water partition coefficient (Wildman–Crippen LogP) is 3.92. The van der Waals surface area contributed by atoms with E-state index in [1.807, 2.05) is 12.1 Å². The highest BCUT2D eigenvalue weighted by atomic mass is 19.3. The van der Waals surface area contributed by atoms with Crippen LogP contribution in [0.2, 0.25) is 0 Å². The monoisotopic (exact) mass is 281 g/mol. The molecule has 0 saturated heterocycles. The minimum absolute atomic E-state index is 0.215.